The van der Waals surface area contributed by atoms with E-state index in [0.29, 0.717) is 0 Å². The van der Waals surface area contributed by atoms with Gasteiger partial charge in [-0.05, 0) is 13.8 Å². The molecule has 0 aromatic rings. The standard InChI is InChI=1S/C48H83N3O34/c1-12-25(62)30(67)33(70)45(74-12)81-38-22(11-57)79-44(24(51-16(5)60)40(38)83-47-35(72)32(69)28(65)19(8-54)76-47)85-42-29(66)20(9-55)77-48(36(42)73)84-41-23(50-15(4)59)43(80-37(27(64)18(61)7-53)17(6-52)49-14(3)58)78-21(10-56)39(41)82-46-34(71)31(68)26(63)13(2)75-46/h12-13,17-48,52-57,61-73H,6-11H2,1-5H3,(H,49,58)(H,50,59)(H,51,60)/t12-,13-,17-,18+,19+,20+,21+,22+,23+,24+,25+,26+,27-,28-,29-,30+,31+,32-,33-,34-,35+,36+,37+,38+,39+,40+,41+,42-,43-,44-,45-,46-,47-,48-/m0/s1. The molecule has 0 spiro atoms. The summed E-state index contributed by atoms with van der Waals surface area (Å²) in [5.41, 5.74) is 0. The molecule has 0 aromatic heterocycles. The molecule has 0 saturated carbocycles. The third kappa shape index (κ3) is 16.2. The Kier molecular flexibility index (Phi) is 26.2. The highest BCUT2D eigenvalue weighted by Gasteiger charge is 2.60. The van der Waals surface area contributed by atoms with Crippen LogP contribution in [0.5, 0.6) is 0 Å². The van der Waals surface area contributed by atoms with E-state index in [9.17, 15) is 111 Å². The van der Waals surface area contributed by atoms with Crippen molar-refractivity contribution in [2.75, 3.05) is 39.6 Å². The predicted octanol–water partition coefficient (Wildman–Crippen LogP) is -14.2. The summed E-state index contributed by atoms with van der Waals surface area (Å²) in [6.45, 7) is -1.05. The third-order valence-corrected chi connectivity index (χ3v) is 15.3. The molecule has 85 heavy (non-hydrogen) atoms. The molecule has 494 valence electrons. The van der Waals surface area contributed by atoms with E-state index in [1.165, 1.54) is 13.8 Å². The zero-order valence-electron chi connectivity index (χ0n) is 46.5. The molecule has 37 nitrogen and oxygen atoms in total. The second kappa shape index (κ2) is 31.3. The van der Waals surface area contributed by atoms with Gasteiger partial charge in [-0.15, -0.1) is 0 Å². The van der Waals surface area contributed by atoms with Crippen LogP contribution in [-0.4, -0.2) is 363 Å². The molecular weight excluding hydrogens is 1160 g/mol. The number of rotatable bonds is 24. The number of hydrogen-bond acceptors (Lipinski definition) is 34. The molecule has 0 bridgehead atoms. The quantitative estimate of drug-likeness (QED) is 0.0427. The highest BCUT2D eigenvalue weighted by Crippen LogP contribution is 2.39. The second-order valence-electron chi connectivity index (χ2n) is 21.5. The highest BCUT2D eigenvalue weighted by molar-refractivity contribution is 5.74. The van der Waals surface area contributed by atoms with Crippen molar-refractivity contribution in [3.63, 3.8) is 0 Å². The van der Waals surface area contributed by atoms with Gasteiger partial charge in [-0.3, -0.25) is 14.4 Å². The summed E-state index contributed by atoms with van der Waals surface area (Å²) in [4.78, 5) is 38.8. The van der Waals surface area contributed by atoms with Crippen LogP contribution in [0.2, 0.25) is 0 Å². The minimum Gasteiger partial charge on any atom is -0.394 e. The molecule has 0 radical (unpaired) electrons. The topological polar surface area (TPSA) is 582 Å². The maximum atomic E-state index is 13.2. The largest absolute Gasteiger partial charge is 0.394 e. The van der Waals surface area contributed by atoms with Crippen molar-refractivity contribution in [3.8, 4) is 0 Å². The van der Waals surface area contributed by atoms with E-state index in [1.807, 2.05) is 0 Å². The van der Waals surface area contributed by atoms with E-state index in [2.05, 4.69) is 16.0 Å². The Morgan fingerprint density at radius 2 is 0.765 bits per heavy atom. The molecule has 6 fully saturated rings. The zero-order valence-corrected chi connectivity index (χ0v) is 46.5. The summed E-state index contributed by atoms with van der Waals surface area (Å²) in [7, 11) is 0. The maximum absolute atomic E-state index is 13.2. The Balaban J connectivity index is 1.44. The van der Waals surface area contributed by atoms with Crippen LogP contribution < -0.4 is 16.0 Å². The molecule has 34 atom stereocenters. The average molecular weight is 1250 g/mol. The maximum Gasteiger partial charge on any atom is 0.217 e. The average Bonchev–Trinajstić information content (AvgIpc) is 3.65. The van der Waals surface area contributed by atoms with E-state index >= 15 is 0 Å². The first-order valence-corrected chi connectivity index (χ1v) is 27.2. The van der Waals surface area contributed by atoms with Gasteiger partial charge < -0.3 is 170 Å². The Labute approximate surface area is 483 Å². The summed E-state index contributed by atoms with van der Waals surface area (Å²) in [5.74, 6) is -2.71. The van der Waals surface area contributed by atoms with Crippen molar-refractivity contribution >= 4 is 17.7 Å². The van der Waals surface area contributed by atoms with E-state index in [0.717, 1.165) is 20.8 Å². The molecular formula is C48H83N3O34. The Morgan fingerprint density at radius 1 is 0.400 bits per heavy atom. The van der Waals surface area contributed by atoms with Gasteiger partial charge in [0.05, 0.1) is 57.9 Å². The lowest BCUT2D eigenvalue weighted by Crippen LogP contribution is -2.72. The van der Waals surface area contributed by atoms with Crippen LogP contribution >= 0.6 is 0 Å². The van der Waals surface area contributed by atoms with E-state index in [1.54, 1.807) is 0 Å². The van der Waals surface area contributed by atoms with Crippen molar-refractivity contribution in [2.45, 2.75) is 243 Å². The van der Waals surface area contributed by atoms with Crippen molar-refractivity contribution in [3.05, 3.63) is 0 Å². The molecule has 0 aromatic carbocycles. The summed E-state index contributed by atoms with van der Waals surface area (Å²) in [6.07, 6.45) is -61.0. The monoisotopic (exact) mass is 1250 g/mol. The third-order valence-electron chi connectivity index (χ3n) is 15.3. The molecule has 0 unspecified atom stereocenters. The fourth-order valence-corrected chi connectivity index (χ4v) is 10.7. The number of carbonyl (C=O) groups is 3. The first-order chi connectivity index (χ1) is 40.1. The fraction of sp³-hybridized carbons (Fsp3) is 0.938. The van der Waals surface area contributed by atoms with Crippen LogP contribution in [-0.2, 0) is 71.2 Å². The number of carbonyl (C=O) groups excluding carboxylic acids is 3. The molecule has 3 amide bonds. The summed E-state index contributed by atoms with van der Waals surface area (Å²) in [6, 6.07) is -5.52. The minimum absolute atomic E-state index is 0.817. The number of aliphatic hydroxyl groups is 19. The summed E-state index contributed by atoms with van der Waals surface area (Å²) in [5, 5.41) is 213. The van der Waals surface area contributed by atoms with Gasteiger partial charge >= 0.3 is 0 Å². The number of amides is 3. The SMILES string of the molecule is CC(=O)N[C@H]1[C@H](O[C@H]2[C@@H](O)[C@@H](CO)O[C@@H](O[C@@H]3[C@@H](NC(C)=O)[C@H](O[C@@H]([C@@H](O)[C@H](O)CO)[C@H](CO)NC(C)=O)O[C@H](CO)[C@H]3O[C@@H]3O[C@@H](C)[C@@H](O)[C@@H](O)[C@@H]3O)[C@@H]2O)O[C@H](CO)[C@@H](O[C@@H]2O[C@@H](C)[C@@H](O)[C@@H](O)[C@@H]2O)[C@@H]1O[C@@H]1O[C@H](CO)[C@H](O)[C@H](O)[C@H]1O. The Hall–Kier alpha value is -2.83. The van der Waals surface area contributed by atoms with Gasteiger partial charge in [-0.1, -0.05) is 0 Å². The molecule has 6 rings (SSSR count). The molecule has 6 heterocycles. The van der Waals surface area contributed by atoms with E-state index < -0.39 is 266 Å². The molecule has 22 N–H and O–H groups in total. The smallest absolute Gasteiger partial charge is 0.217 e. The lowest BCUT2D eigenvalue weighted by Gasteiger charge is -2.52. The van der Waals surface area contributed by atoms with Gasteiger partial charge in [-0.25, -0.2) is 0 Å². The fourth-order valence-electron chi connectivity index (χ4n) is 10.7. The van der Waals surface area contributed by atoms with Gasteiger partial charge in [0, 0.05) is 20.8 Å². The number of hydrogen-bond donors (Lipinski definition) is 22. The first-order valence-electron chi connectivity index (χ1n) is 27.2. The molecule has 6 aliphatic heterocycles. The number of nitrogens with one attached hydrogen (secondary N) is 3. The van der Waals surface area contributed by atoms with Crippen LogP contribution in [0.4, 0.5) is 0 Å². The van der Waals surface area contributed by atoms with E-state index in [4.69, 9.17) is 56.8 Å². The van der Waals surface area contributed by atoms with Crippen molar-refractivity contribution in [2.24, 2.45) is 0 Å². The van der Waals surface area contributed by atoms with Crippen LogP contribution in [0.25, 0.3) is 0 Å². The van der Waals surface area contributed by atoms with Crippen LogP contribution in [0, 0.1) is 0 Å². The predicted molar refractivity (Wildman–Crippen MR) is 266 cm³/mol. The number of aliphatic hydroxyl groups excluding tert-OH is 19. The van der Waals surface area contributed by atoms with Crippen LogP contribution in [0.15, 0.2) is 0 Å². The minimum atomic E-state index is -2.43. The van der Waals surface area contributed by atoms with Crippen molar-refractivity contribution < 1.29 is 168 Å². The van der Waals surface area contributed by atoms with Crippen molar-refractivity contribution in [1.82, 2.24) is 16.0 Å². The Bertz CT molecular complexity index is 2100. The van der Waals surface area contributed by atoms with Gasteiger partial charge in [-0.2, -0.15) is 0 Å². The zero-order chi connectivity index (χ0) is 63.2. The van der Waals surface area contributed by atoms with Gasteiger partial charge in [0.2, 0.25) is 17.7 Å². The summed E-state index contributed by atoms with van der Waals surface area (Å²) < 4.78 is 72.1. The number of ether oxygens (including phenoxy) is 12. The highest BCUT2D eigenvalue weighted by atomic mass is 16.8. The summed E-state index contributed by atoms with van der Waals surface area (Å²) >= 11 is 0. The second-order valence-corrected chi connectivity index (χ2v) is 21.5. The first kappa shape index (κ1) is 71.2. The molecule has 6 saturated heterocycles. The lowest BCUT2D eigenvalue weighted by atomic mass is 9.93. The Morgan fingerprint density at radius 3 is 1.18 bits per heavy atom. The van der Waals surface area contributed by atoms with Crippen LogP contribution in [0.3, 0.4) is 0 Å². The molecule has 0 aliphatic carbocycles. The van der Waals surface area contributed by atoms with Gasteiger partial charge in [0.1, 0.15) is 152 Å². The van der Waals surface area contributed by atoms with Gasteiger partial charge in [0.15, 0.2) is 37.7 Å². The normalized spacial score (nSPS) is 45.9. The van der Waals surface area contributed by atoms with E-state index in [-0.39, 0.29) is 0 Å². The van der Waals surface area contributed by atoms with Gasteiger partial charge in [0.25, 0.3) is 0 Å². The van der Waals surface area contributed by atoms with Crippen molar-refractivity contribution in [1.29, 1.82) is 0 Å². The molecule has 37 heteroatoms. The lowest BCUT2D eigenvalue weighted by molar-refractivity contribution is -0.395. The van der Waals surface area contributed by atoms with Crippen LogP contribution in [0.1, 0.15) is 34.6 Å². The molecule has 6 aliphatic rings.